The molecule has 0 radical (unpaired) electrons. The van der Waals surface area contributed by atoms with Crippen LogP contribution in [0.4, 0.5) is 0 Å². The van der Waals surface area contributed by atoms with E-state index in [9.17, 15) is 9.59 Å². The van der Waals surface area contributed by atoms with Crippen LogP contribution < -0.4 is 11.1 Å². The fraction of sp³-hybridized carbons (Fsp3) is 0.200. The Hall–Kier alpha value is -4.68. The standard InChI is InChI=1S/2C15H14N2O/c2*1-2-6-12-9-13(11-7-4-3-5-8-11)14(10-16)15(18)17-12/h2*3-5,7-9H,2,6H2,1H3,(H,17,18). The molecule has 0 saturated carbocycles. The summed E-state index contributed by atoms with van der Waals surface area (Å²) in [6.07, 6.45) is 3.52. The molecule has 6 heteroatoms. The van der Waals surface area contributed by atoms with Crippen molar-refractivity contribution in [2.75, 3.05) is 0 Å². The molecule has 6 nitrogen and oxygen atoms in total. The number of nitrogens with one attached hydrogen (secondary N) is 2. The lowest BCUT2D eigenvalue weighted by atomic mass is 10.0. The van der Waals surface area contributed by atoms with Crippen LogP contribution in [0.5, 0.6) is 0 Å². The molecule has 0 atom stereocenters. The van der Waals surface area contributed by atoms with Gasteiger partial charge in [0, 0.05) is 22.5 Å². The normalized spacial score (nSPS) is 10.0. The Labute approximate surface area is 210 Å². The smallest absolute Gasteiger partial charge is 0.266 e. The summed E-state index contributed by atoms with van der Waals surface area (Å²) < 4.78 is 0. The average molecular weight is 477 g/mol. The molecule has 2 heterocycles. The summed E-state index contributed by atoms with van der Waals surface area (Å²) in [5, 5.41) is 18.2. The number of pyridine rings is 2. The number of hydrogen-bond acceptors (Lipinski definition) is 4. The number of hydrogen-bond donors (Lipinski definition) is 2. The molecule has 0 spiro atoms. The van der Waals surface area contributed by atoms with E-state index in [4.69, 9.17) is 10.5 Å². The number of H-pyrrole nitrogens is 2. The maximum Gasteiger partial charge on any atom is 0.266 e. The highest BCUT2D eigenvalue weighted by Gasteiger charge is 2.11. The third-order valence-corrected chi connectivity index (χ3v) is 5.61. The first-order valence-electron chi connectivity index (χ1n) is 12.0. The average Bonchev–Trinajstić information content (AvgIpc) is 2.90. The third-order valence-electron chi connectivity index (χ3n) is 5.61. The van der Waals surface area contributed by atoms with Crippen LogP contribution in [0, 0.1) is 22.7 Å². The minimum Gasteiger partial charge on any atom is -0.325 e. The van der Waals surface area contributed by atoms with E-state index in [1.165, 1.54) is 0 Å². The first kappa shape index (κ1) is 25.9. The van der Waals surface area contributed by atoms with Crippen LogP contribution in [0.2, 0.25) is 0 Å². The molecular weight excluding hydrogens is 448 g/mol. The largest absolute Gasteiger partial charge is 0.325 e. The van der Waals surface area contributed by atoms with Crippen LogP contribution in [0.1, 0.15) is 49.2 Å². The molecule has 2 N–H and O–H groups in total. The van der Waals surface area contributed by atoms with Gasteiger partial charge in [-0.25, -0.2) is 0 Å². The van der Waals surface area contributed by atoms with Crippen LogP contribution in [0.25, 0.3) is 22.3 Å². The lowest BCUT2D eigenvalue weighted by Crippen LogP contribution is -2.14. The molecule has 180 valence electrons. The Balaban J connectivity index is 0.000000201. The predicted molar refractivity (Wildman–Crippen MR) is 142 cm³/mol. The second kappa shape index (κ2) is 12.7. The van der Waals surface area contributed by atoms with Crippen LogP contribution in [0.15, 0.2) is 82.4 Å². The summed E-state index contributed by atoms with van der Waals surface area (Å²) >= 11 is 0. The molecular formula is C30H28N4O2. The minimum atomic E-state index is -0.303. The first-order valence-corrected chi connectivity index (χ1v) is 12.0. The zero-order valence-electron chi connectivity index (χ0n) is 20.5. The van der Waals surface area contributed by atoms with Gasteiger partial charge in [0.15, 0.2) is 0 Å². The fourth-order valence-electron chi connectivity index (χ4n) is 3.95. The molecule has 0 aliphatic rings. The van der Waals surface area contributed by atoms with Gasteiger partial charge in [0.2, 0.25) is 0 Å². The highest BCUT2D eigenvalue weighted by molar-refractivity contribution is 5.71. The van der Waals surface area contributed by atoms with Crippen molar-refractivity contribution in [1.82, 2.24) is 9.97 Å². The van der Waals surface area contributed by atoms with E-state index in [1.807, 2.05) is 84.9 Å². The Kier molecular flexibility index (Phi) is 9.14. The molecule has 0 amide bonds. The van der Waals surface area contributed by atoms with E-state index >= 15 is 0 Å². The molecule has 4 aromatic rings. The van der Waals surface area contributed by atoms with Crippen molar-refractivity contribution in [2.24, 2.45) is 0 Å². The summed E-state index contributed by atoms with van der Waals surface area (Å²) in [5.74, 6) is 0. The van der Waals surface area contributed by atoms with E-state index in [0.717, 1.165) is 48.2 Å². The highest BCUT2D eigenvalue weighted by atomic mass is 16.1. The minimum absolute atomic E-state index is 0.182. The van der Waals surface area contributed by atoms with Gasteiger partial charge in [-0.15, -0.1) is 0 Å². The van der Waals surface area contributed by atoms with Crippen molar-refractivity contribution >= 4 is 0 Å². The second-order valence-corrected chi connectivity index (χ2v) is 8.28. The van der Waals surface area contributed by atoms with Gasteiger partial charge < -0.3 is 9.97 Å². The van der Waals surface area contributed by atoms with Crippen molar-refractivity contribution in [3.05, 3.63) is 116 Å². The summed E-state index contributed by atoms with van der Waals surface area (Å²) in [6, 6.07) is 26.8. The van der Waals surface area contributed by atoms with Crippen LogP contribution >= 0.6 is 0 Å². The third kappa shape index (κ3) is 6.25. The summed E-state index contributed by atoms with van der Waals surface area (Å²) in [4.78, 5) is 29.2. The maximum atomic E-state index is 11.9. The second-order valence-electron chi connectivity index (χ2n) is 8.28. The fourth-order valence-corrected chi connectivity index (χ4v) is 3.95. The molecule has 4 rings (SSSR count). The number of nitriles is 2. The summed E-state index contributed by atoms with van der Waals surface area (Å²) in [7, 11) is 0. The Morgan fingerprint density at radius 1 is 0.639 bits per heavy atom. The Morgan fingerprint density at radius 3 is 1.31 bits per heavy atom. The van der Waals surface area contributed by atoms with Gasteiger partial charge in [-0.3, -0.25) is 9.59 Å². The molecule has 0 aliphatic carbocycles. The van der Waals surface area contributed by atoms with Crippen molar-refractivity contribution in [3.63, 3.8) is 0 Å². The zero-order chi connectivity index (χ0) is 25.9. The van der Waals surface area contributed by atoms with Crippen molar-refractivity contribution < 1.29 is 0 Å². The molecule has 0 bridgehead atoms. The van der Waals surface area contributed by atoms with Gasteiger partial charge >= 0.3 is 0 Å². The topological polar surface area (TPSA) is 113 Å². The number of rotatable bonds is 6. The van der Waals surface area contributed by atoms with Crippen LogP contribution in [0.3, 0.4) is 0 Å². The van der Waals surface area contributed by atoms with E-state index in [0.29, 0.717) is 11.1 Å². The van der Waals surface area contributed by atoms with Crippen LogP contribution in [-0.4, -0.2) is 9.97 Å². The summed E-state index contributed by atoms with van der Waals surface area (Å²) in [6.45, 7) is 4.11. The molecule has 0 saturated heterocycles. The monoisotopic (exact) mass is 476 g/mol. The van der Waals surface area contributed by atoms with E-state index < -0.39 is 0 Å². The van der Waals surface area contributed by atoms with Crippen molar-refractivity contribution in [1.29, 1.82) is 10.5 Å². The molecule has 2 aromatic heterocycles. The molecule has 0 fully saturated rings. The van der Waals surface area contributed by atoms with E-state index in [2.05, 4.69) is 23.8 Å². The molecule has 0 unspecified atom stereocenters. The number of aromatic amines is 2. The SMILES string of the molecule is CCCc1cc(-c2ccccc2)c(C#N)c(=O)[nH]1.CCCc1cc(-c2ccccc2)c(C#N)c(=O)[nH]1. The Bertz CT molecular complexity index is 1390. The maximum absolute atomic E-state index is 11.9. The highest BCUT2D eigenvalue weighted by Crippen LogP contribution is 2.23. The van der Waals surface area contributed by atoms with E-state index in [-0.39, 0.29) is 22.2 Å². The van der Waals surface area contributed by atoms with Crippen molar-refractivity contribution in [3.8, 4) is 34.4 Å². The molecule has 0 aliphatic heterocycles. The summed E-state index contributed by atoms with van der Waals surface area (Å²) in [5.41, 5.74) is 4.73. The van der Waals surface area contributed by atoms with Gasteiger partial charge in [-0.2, -0.15) is 10.5 Å². The van der Waals surface area contributed by atoms with Gasteiger partial charge in [0.25, 0.3) is 11.1 Å². The molecule has 36 heavy (non-hydrogen) atoms. The number of benzene rings is 2. The quantitative estimate of drug-likeness (QED) is 0.370. The zero-order valence-corrected chi connectivity index (χ0v) is 20.5. The Morgan fingerprint density at radius 2 is 1.00 bits per heavy atom. The first-order chi connectivity index (χ1) is 17.5. The molecule has 2 aromatic carbocycles. The van der Waals surface area contributed by atoms with Crippen molar-refractivity contribution in [2.45, 2.75) is 39.5 Å². The lowest BCUT2D eigenvalue weighted by molar-refractivity contribution is 0.874. The van der Waals surface area contributed by atoms with Crippen LogP contribution in [-0.2, 0) is 12.8 Å². The number of nitrogens with zero attached hydrogens (tertiary/aromatic N) is 2. The van der Waals surface area contributed by atoms with E-state index in [1.54, 1.807) is 0 Å². The lowest BCUT2D eigenvalue weighted by Gasteiger charge is -2.06. The van der Waals surface area contributed by atoms with Gasteiger partial charge in [0.05, 0.1) is 0 Å². The predicted octanol–water partition coefficient (Wildman–Crippen LogP) is 5.73. The van der Waals surface area contributed by atoms with Gasteiger partial charge in [0.1, 0.15) is 23.3 Å². The number of aromatic nitrogens is 2. The number of aryl methyl sites for hydroxylation is 2. The van der Waals surface area contributed by atoms with Gasteiger partial charge in [-0.1, -0.05) is 87.4 Å². The van der Waals surface area contributed by atoms with Gasteiger partial charge in [-0.05, 0) is 36.1 Å².